The predicted octanol–water partition coefficient (Wildman–Crippen LogP) is 3.57. The van der Waals surface area contributed by atoms with Crippen LogP contribution in [0.15, 0.2) is 48.5 Å². The van der Waals surface area contributed by atoms with Crippen LogP contribution in [0, 0.1) is 5.92 Å². The highest BCUT2D eigenvalue weighted by molar-refractivity contribution is 6.15. The van der Waals surface area contributed by atoms with Crippen molar-refractivity contribution in [3.05, 3.63) is 59.7 Å². The van der Waals surface area contributed by atoms with Crippen LogP contribution >= 0.6 is 0 Å². The normalized spacial score (nSPS) is 23.7. The van der Waals surface area contributed by atoms with Gasteiger partial charge < -0.3 is 15.1 Å². The molecule has 27 heavy (non-hydrogen) atoms. The fourth-order valence-corrected chi connectivity index (χ4v) is 4.42. The van der Waals surface area contributed by atoms with Crippen molar-refractivity contribution in [2.24, 2.45) is 5.92 Å². The number of carbonyl (C=O) groups excluding carboxylic acids is 2. The van der Waals surface area contributed by atoms with Crippen LogP contribution in [0.3, 0.4) is 0 Å². The van der Waals surface area contributed by atoms with Gasteiger partial charge in [-0.3, -0.25) is 9.59 Å². The molecule has 138 valence electrons. The minimum Gasteiger partial charge on any atom is -0.350 e. The van der Waals surface area contributed by atoms with Gasteiger partial charge in [-0.2, -0.15) is 0 Å². The third-order valence-corrected chi connectivity index (χ3v) is 5.65. The topological polar surface area (TPSA) is 52.7 Å². The zero-order valence-corrected chi connectivity index (χ0v) is 15.6. The molecule has 2 heterocycles. The molecule has 2 aromatic rings. The average molecular weight is 361 g/mol. The molecular weight excluding hydrogens is 338 g/mol. The molecule has 1 spiro atoms. The average Bonchev–Trinajstić information content (AvgIpc) is 3.47. The Morgan fingerprint density at radius 2 is 1.78 bits per heavy atom. The Labute approximate surface area is 159 Å². The van der Waals surface area contributed by atoms with Crippen molar-refractivity contribution in [1.29, 1.82) is 0 Å². The van der Waals surface area contributed by atoms with E-state index in [1.54, 1.807) is 0 Å². The molecule has 0 unspecified atom stereocenters. The molecule has 1 saturated carbocycles. The Balaban J connectivity index is 1.74. The van der Waals surface area contributed by atoms with Crippen molar-refractivity contribution in [1.82, 2.24) is 4.90 Å². The molecule has 2 amide bonds. The summed E-state index contributed by atoms with van der Waals surface area (Å²) in [5, 5.41) is 3.50. The van der Waals surface area contributed by atoms with Gasteiger partial charge >= 0.3 is 0 Å². The standard InChI is InChI=1S/C22H23N3O2/c1-14(2)13-24-19-10-6-4-8-17(19)22(21(24)27)23-18-9-5-3-7-16(18)20(26)25(22)15-11-12-15/h3-10,14-15,23H,11-13H2,1-2H3/t22-/m1/s1. The second kappa shape index (κ2) is 5.59. The van der Waals surface area contributed by atoms with Gasteiger partial charge in [-0.05, 0) is 37.0 Å². The molecule has 2 aromatic carbocycles. The van der Waals surface area contributed by atoms with Crippen LogP contribution in [0.25, 0.3) is 0 Å². The number of rotatable bonds is 3. The summed E-state index contributed by atoms with van der Waals surface area (Å²) in [6.45, 7) is 4.84. The van der Waals surface area contributed by atoms with Crippen molar-refractivity contribution in [2.75, 3.05) is 16.8 Å². The van der Waals surface area contributed by atoms with Gasteiger partial charge in [0.2, 0.25) is 5.66 Å². The number of fused-ring (bicyclic) bond motifs is 3. The zero-order valence-electron chi connectivity index (χ0n) is 15.6. The minimum absolute atomic E-state index is 0.0489. The van der Waals surface area contributed by atoms with Crippen molar-refractivity contribution in [2.45, 2.75) is 38.4 Å². The van der Waals surface area contributed by atoms with E-state index in [0.29, 0.717) is 18.0 Å². The van der Waals surface area contributed by atoms with Gasteiger partial charge in [0.05, 0.1) is 11.3 Å². The van der Waals surface area contributed by atoms with Gasteiger partial charge in [0.15, 0.2) is 0 Å². The van der Waals surface area contributed by atoms with Gasteiger partial charge in [-0.1, -0.05) is 44.2 Å². The summed E-state index contributed by atoms with van der Waals surface area (Å²) < 4.78 is 0. The molecule has 0 radical (unpaired) electrons. The van der Waals surface area contributed by atoms with Crippen molar-refractivity contribution in [3.63, 3.8) is 0 Å². The van der Waals surface area contributed by atoms with Crippen LogP contribution in [0.5, 0.6) is 0 Å². The maximum absolute atomic E-state index is 13.8. The molecule has 5 rings (SSSR count). The lowest BCUT2D eigenvalue weighted by Gasteiger charge is -2.45. The first-order chi connectivity index (χ1) is 13.0. The van der Waals surface area contributed by atoms with Gasteiger partial charge in [0.1, 0.15) is 0 Å². The maximum atomic E-state index is 13.8. The minimum atomic E-state index is -1.14. The second-order valence-electron chi connectivity index (χ2n) is 8.11. The lowest BCUT2D eigenvalue weighted by atomic mass is 9.92. The first-order valence-corrected chi connectivity index (χ1v) is 9.66. The number of nitrogens with zero attached hydrogens (tertiary/aromatic N) is 2. The molecular formula is C22H23N3O2. The van der Waals surface area contributed by atoms with E-state index in [9.17, 15) is 9.59 Å². The zero-order chi connectivity index (χ0) is 18.8. The third kappa shape index (κ3) is 2.17. The van der Waals surface area contributed by atoms with Crippen LogP contribution in [-0.2, 0) is 10.5 Å². The van der Waals surface area contributed by atoms with E-state index in [0.717, 1.165) is 29.8 Å². The fourth-order valence-electron chi connectivity index (χ4n) is 4.42. The summed E-state index contributed by atoms with van der Waals surface area (Å²) in [7, 11) is 0. The molecule has 1 N–H and O–H groups in total. The molecule has 2 aliphatic heterocycles. The summed E-state index contributed by atoms with van der Waals surface area (Å²) in [6.07, 6.45) is 1.88. The van der Waals surface area contributed by atoms with Gasteiger partial charge in [-0.15, -0.1) is 0 Å². The smallest absolute Gasteiger partial charge is 0.278 e. The van der Waals surface area contributed by atoms with E-state index in [1.165, 1.54) is 0 Å². The second-order valence-corrected chi connectivity index (χ2v) is 8.11. The number of carbonyl (C=O) groups is 2. The molecule has 5 heteroatoms. The Morgan fingerprint density at radius 3 is 2.52 bits per heavy atom. The first-order valence-electron chi connectivity index (χ1n) is 9.66. The van der Waals surface area contributed by atoms with Crippen LogP contribution in [0.2, 0.25) is 0 Å². The molecule has 0 aromatic heterocycles. The lowest BCUT2D eigenvalue weighted by molar-refractivity contribution is -0.127. The molecule has 0 bridgehead atoms. The summed E-state index contributed by atoms with van der Waals surface area (Å²) in [5.41, 5.74) is 2.02. The Kier molecular flexibility index (Phi) is 3.39. The van der Waals surface area contributed by atoms with Crippen LogP contribution in [0.1, 0.15) is 42.6 Å². The third-order valence-electron chi connectivity index (χ3n) is 5.65. The molecule has 5 nitrogen and oxygen atoms in total. The number of anilines is 2. The van der Waals surface area contributed by atoms with Crippen LogP contribution in [0.4, 0.5) is 11.4 Å². The largest absolute Gasteiger partial charge is 0.350 e. The summed E-state index contributed by atoms with van der Waals surface area (Å²) in [5.74, 6) is 0.228. The Morgan fingerprint density at radius 1 is 1.07 bits per heavy atom. The quantitative estimate of drug-likeness (QED) is 0.909. The molecule has 1 aliphatic carbocycles. The number of amides is 2. The van der Waals surface area contributed by atoms with Gasteiger partial charge in [0, 0.05) is 23.8 Å². The van der Waals surface area contributed by atoms with Gasteiger partial charge in [-0.25, -0.2) is 0 Å². The van der Waals surface area contributed by atoms with E-state index in [-0.39, 0.29) is 17.9 Å². The number of benzene rings is 2. The monoisotopic (exact) mass is 361 g/mol. The van der Waals surface area contributed by atoms with E-state index in [4.69, 9.17) is 0 Å². The number of hydrogen-bond acceptors (Lipinski definition) is 3. The first kappa shape index (κ1) is 16.4. The molecule has 1 atom stereocenters. The lowest BCUT2D eigenvalue weighted by Crippen LogP contribution is -2.63. The summed E-state index contributed by atoms with van der Waals surface area (Å²) in [4.78, 5) is 31.0. The number of para-hydroxylation sites is 2. The SMILES string of the molecule is CC(C)CN1C(=O)[C@@]2(Nc3ccccc3C(=O)N2C2CC2)c2ccccc21. The molecule has 0 saturated heterocycles. The molecule has 3 aliphatic rings. The van der Waals surface area contributed by atoms with Crippen molar-refractivity contribution >= 4 is 23.2 Å². The van der Waals surface area contributed by atoms with E-state index < -0.39 is 5.66 Å². The highest BCUT2D eigenvalue weighted by Gasteiger charge is 2.61. The Hall–Kier alpha value is -2.82. The van der Waals surface area contributed by atoms with Gasteiger partial charge in [0.25, 0.3) is 11.8 Å². The van der Waals surface area contributed by atoms with Crippen molar-refractivity contribution in [3.8, 4) is 0 Å². The summed E-state index contributed by atoms with van der Waals surface area (Å²) >= 11 is 0. The predicted molar refractivity (Wildman–Crippen MR) is 105 cm³/mol. The highest BCUT2D eigenvalue weighted by atomic mass is 16.2. The van der Waals surface area contributed by atoms with E-state index >= 15 is 0 Å². The Bertz CT molecular complexity index is 950. The fraction of sp³-hybridized carbons (Fsp3) is 0.364. The van der Waals surface area contributed by atoms with Crippen LogP contribution in [-0.4, -0.2) is 29.3 Å². The van der Waals surface area contributed by atoms with Crippen LogP contribution < -0.4 is 10.2 Å². The number of nitrogens with one attached hydrogen (secondary N) is 1. The molecule has 1 fully saturated rings. The number of hydrogen-bond donors (Lipinski definition) is 1. The highest BCUT2D eigenvalue weighted by Crippen LogP contribution is 2.51. The van der Waals surface area contributed by atoms with E-state index in [1.807, 2.05) is 58.3 Å². The summed E-state index contributed by atoms with van der Waals surface area (Å²) in [6, 6.07) is 15.5. The van der Waals surface area contributed by atoms with E-state index in [2.05, 4.69) is 19.2 Å². The maximum Gasteiger partial charge on any atom is 0.278 e. The van der Waals surface area contributed by atoms with Crippen molar-refractivity contribution < 1.29 is 9.59 Å².